The molecular formula is C12H21F3N2O5S. The Morgan fingerprint density at radius 1 is 1.43 bits per heavy atom. The molecule has 0 aromatic carbocycles. The molecule has 3 atom stereocenters. The van der Waals surface area contributed by atoms with Crippen LogP contribution in [0.5, 0.6) is 0 Å². The van der Waals surface area contributed by atoms with E-state index in [-0.39, 0.29) is 12.5 Å². The Labute approximate surface area is 133 Å². The molecule has 1 fully saturated rings. The molecule has 0 saturated carbocycles. The van der Waals surface area contributed by atoms with Gasteiger partial charge >= 0.3 is 6.18 Å². The molecule has 23 heavy (non-hydrogen) atoms. The third-order valence-corrected chi connectivity index (χ3v) is 4.85. The number of hydrogen-bond donors (Lipinski definition) is 1. The van der Waals surface area contributed by atoms with Gasteiger partial charge in [0.15, 0.2) is 0 Å². The average Bonchev–Trinajstić information content (AvgIpc) is 2.82. The highest BCUT2D eigenvalue weighted by atomic mass is 32.2. The summed E-state index contributed by atoms with van der Waals surface area (Å²) >= 11 is 0. The lowest BCUT2D eigenvalue weighted by molar-refractivity contribution is -0.181. The quantitative estimate of drug-likeness (QED) is 0.673. The Hall–Kier alpha value is -0.910. The summed E-state index contributed by atoms with van der Waals surface area (Å²) in [5.74, 6) is -1.60. The monoisotopic (exact) mass is 362 g/mol. The van der Waals surface area contributed by atoms with E-state index < -0.39 is 46.5 Å². The SMILES string of the molecule is CON(C)C(=O)C1OC(CNS(=O)(=O)CCC(F)(F)F)CC1C. The van der Waals surface area contributed by atoms with Crippen LogP contribution in [0.4, 0.5) is 13.2 Å². The molecule has 1 aliphatic rings. The topological polar surface area (TPSA) is 84.9 Å². The molecule has 3 unspecified atom stereocenters. The van der Waals surface area contributed by atoms with Crippen molar-refractivity contribution in [2.45, 2.75) is 38.1 Å². The number of likely N-dealkylation sites (N-methyl/N-ethyl adjacent to an activating group) is 1. The Bertz CT molecular complexity index is 511. The molecule has 0 aromatic heterocycles. The second-order valence-corrected chi connectivity index (χ2v) is 7.37. The summed E-state index contributed by atoms with van der Waals surface area (Å²) in [6, 6.07) is 0. The molecule has 1 rings (SSSR count). The van der Waals surface area contributed by atoms with Crippen LogP contribution in [0.2, 0.25) is 0 Å². The lowest BCUT2D eigenvalue weighted by Gasteiger charge is -2.20. The van der Waals surface area contributed by atoms with Gasteiger partial charge in [-0.3, -0.25) is 9.63 Å². The van der Waals surface area contributed by atoms with E-state index in [1.807, 2.05) is 0 Å². The zero-order valence-electron chi connectivity index (χ0n) is 13.1. The zero-order valence-corrected chi connectivity index (χ0v) is 13.9. The number of amides is 1. The van der Waals surface area contributed by atoms with E-state index in [1.54, 1.807) is 6.92 Å². The first-order valence-corrected chi connectivity index (χ1v) is 8.61. The first-order valence-electron chi connectivity index (χ1n) is 6.96. The Balaban J connectivity index is 2.49. The number of halogens is 3. The third kappa shape index (κ3) is 6.61. The zero-order chi connectivity index (χ0) is 17.8. The van der Waals surface area contributed by atoms with Crippen LogP contribution in [-0.2, 0) is 24.4 Å². The van der Waals surface area contributed by atoms with Gasteiger partial charge in [-0.1, -0.05) is 6.92 Å². The fourth-order valence-corrected chi connectivity index (χ4v) is 3.26. The fourth-order valence-electron chi connectivity index (χ4n) is 2.18. The number of hydrogen-bond acceptors (Lipinski definition) is 5. The van der Waals surface area contributed by atoms with Crippen molar-refractivity contribution in [3.05, 3.63) is 0 Å². The molecule has 1 amide bonds. The number of alkyl halides is 3. The minimum Gasteiger partial charge on any atom is -0.363 e. The maximum absolute atomic E-state index is 12.1. The van der Waals surface area contributed by atoms with Crippen molar-refractivity contribution in [1.82, 2.24) is 9.79 Å². The number of nitrogens with zero attached hydrogens (tertiary/aromatic N) is 1. The number of sulfonamides is 1. The maximum atomic E-state index is 12.1. The van der Waals surface area contributed by atoms with Crippen LogP contribution in [0.25, 0.3) is 0 Å². The molecule has 1 N–H and O–H groups in total. The van der Waals surface area contributed by atoms with Crippen molar-refractivity contribution in [2.75, 3.05) is 26.5 Å². The highest BCUT2D eigenvalue weighted by Crippen LogP contribution is 2.27. The Kier molecular flexibility index (Phi) is 6.81. The number of nitrogens with one attached hydrogen (secondary N) is 1. The van der Waals surface area contributed by atoms with E-state index >= 15 is 0 Å². The molecule has 1 saturated heterocycles. The minimum absolute atomic E-state index is 0.162. The summed E-state index contributed by atoms with van der Waals surface area (Å²) in [4.78, 5) is 16.7. The van der Waals surface area contributed by atoms with E-state index in [1.165, 1.54) is 14.2 Å². The van der Waals surface area contributed by atoms with Crippen LogP contribution in [0.15, 0.2) is 0 Å². The van der Waals surface area contributed by atoms with Crippen LogP contribution in [0.1, 0.15) is 19.8 Å². The van der Waals surface area contributed by atoms with Crippen molar-refractivity contribution in [3.63, 3.8) is 0 Å². The van der Waals surface area contributed by atoms with Gasteiger partial charge in [-0.15, -0.1) is 0 Å². The first-order chi connectivity index (χ1) is 10.4. The van der Waals surface area contributed by atoms with Crippen molar-refractivity contribution >= 4 is 15.9 Å². The largest absolute Gasteiger partial charge is 0.390 e. The number of hydroxylamine groups is 2. The molecule has 1 heterocycles. The van der Waals surface area contributed by atoms with Gasteiger partial charge < -0.3 is 4.74 Å². The van der Waals surface area contributed by atoms with E-state index in [4.69, 9.17) is 9.57 Å². The van der Waals surface area contributed by atoms with E-state index in [2.05, 4.69) is 4.72 Å². The van der Waals surface area contributed by atoms with Gasteiger partial charge in [0.2, 0.25) is 10.0 Å². The highest BCUT2D eigenvalue weighted by Gasteiger charge is 2.39. The standard InChI is InChI=1S/C12H21F3N2O5S/c1-8-6-9(22-10(8)11(18)17(2)21-3)7-16-23(19,20)5-4-12(13,14)15/h8-10,16H,4-7H2,1-3H3. The van der Waals surface area contributed by atoms with Crippen molar-refractivity contribution < 1.29 is 36.0 Å². The summed E-state index contributed by atoms with van der Waals surface area (Å²) in [7, 11) is -1.30. The van der Waals surface area contributed by atoms with Crippen LogP contribution in [0, 0.1) is 5.92 Å². The second kappa shape index (κ2) is 7.77. The van der Waals surface area contributed by atoms with Gasteiger partial charge in [0, 0.05) is 13.6 Å². The molecule has 0 aromatic rings. The van der Waals surface area contributed by atoms with Gasteiger partial charge in [0.05, 0.1) is 25.4 Å². The molecule has 11 heteroatoms. The van der Waals surface area contributed by atoms with Gasteiger partial charge in [0.25, 0.3) is 5.91 Å². The Morgan fingerprint density at radius 2 is 2.04 bits per heavy atom. The highest BCUT2D eigenvalue weighted by molar-refractivity contribution is 7.89. The van der Waals surface area contributed by atoms with Crippen LogP contribution < -0.4 is 4.72 Å². The molecule has 1 aliphatic heterocycles. The van der Waals surface area contributed by atoms with Crippen molar-refractivity contribution in [1.29, 1.82) is 0 Å². The molecule has 0 spiro atoms. The predicted molar refractivity (Wildman–Crippen MR) is 74.7 cm³/mol. The average molecular weight is 362 g/mol. The minimum atomic E-state index is -4.53. The third-order valence-electron chi connectivity index (χ3n) is 3.50. The number of carbonyl (C=O) groups is 1. The summed E-state index contributed by atoms with van der Waals surface area (Å²) in [6.45, 7) is 1.59. The van der Waals surface area contributed by atoms with E-state index in [9.17, 15) is 26.4 Å². The van der Waals surface area contributed by atoms with Crippen LogP contribution in [0.3, 0.4) is 0 Å². The van der Waals surface area contributed by atoms with E-state index in [0.717, 1.165) is 5.06 Å². The van der Waals surface area contributed by atoms with Gasteiger partial charge in [-0.2, -0.15) is 13.2 Å². The predicted octanol–water partition coefficient (Wildman–Crippen LogP) is 0.672. The number of carbonyl (C=O) groups excluding carboxylic acids is 1. The van der Waals surface area contributed by atoms with Crippen LogP contribution >= 0.6 is 0 Å². The molecule has 0 aliphatic carbocycles. The lowest BCUT2D eigenvalue weighted by Crippen LogP contribution is -2.39. The Morgan fingerprint density at radius 3 is 2.57 bits per heavy atom. The van der Waals surface area contributed by atoms with Gasteiger partial charge in [-0.05, 0) is 12.3 Å². The maximum Gasteiger partial charge on any atom is 0.390 e. The molecule has 7 nitrogen and oxygen atoms in total. The van der Waals surface area contributed by atoms with Crippen LogP contribution in [-0.4, -0.2) is 64.2 Å². The normalized spacial score (nSPS) is 25.6. The fraction of sp³-hybridized carbons (Fsp3) is 0.917. The summed E-state index contributed by atoms with van der Waals surface area (Å²) < 4.78 is 66.8. The molecule has 0 bridgehead atoms. The number of ether oxygens (including phenoxy) is 1. The van der Waals surface area contributed by atoms with Crippen molar-refractivity contribution in [3.8, 4) is 0 Å². The summed E-state index contributed by atoms with van der Waals surface area (Å²) in [5, 5.41) is 1.01. The molecular weight excluding hydrogens is 341 g/mol. The smallest absolute Gasteiger partial charge is 0.363 e. The number of rotatable bonds is 7. The summed E-state index contributed by atoms with van der Waals surface area (Å²) in [6.07, 6.45) is -6.88. The van der Waals surface area contributed by atoms with Gasteiger partial charge in [0.1, 0.15) is 6.10 Å². The summed E-state index contributed by atoms with van der Waals surface area (Å²) in [5.41, 5.74) is 0. The van der Waals surface area contributed by atoms with Gasteiger partial charge in [-0.25, -0.2) is 18.2 Å². The molecule has 136 valence electrons. The lowest BCUT2D eigenvalue weighted by atomic mass is 10.0. The molecule has 0 radical (unpaired) electrons. The van der Waals surface area contributed by atoms with Crippen molar-refractivity contribution in [2.24, 2.45) is 5.92 Å². The van der Waals surface area contributed by atoms with E-state index in [0.29, 0.717) is 6.42 Å². The second-order valence-electron chi connectivity index (χ2n) is 5.44. The first kappa shape index (κ1) is 20.1.